The first-order chi connectivity index (χ1) is 6.58. The minimum atomic E-state index is -0.577. The minimum Gasteiger partial charge on any atom is -0.505 e. The lowest BCUT2D eigenvalue weighted by molar-refractivity contribution is -0.384. The molecule has 14 heavy (non-hydrogen) atoms. The number of non-ortho nitro benzene ring substituents is 1. The van der Waals surface area contributed by atoms with Crippen molar-refractivity contribution in [3.63, 3.8) is 0 Å². The van der Waals surface area contributed by atoms with E-state index < -0.39 is 4.92 Å². The first-order valence-electron chi connectivity index (χ1n) is 3.51. The molecule has 2 rings (SSSR count). The van der Waals surface area contributed by atoms with Gasteiger partial charge in [-0.2, -0.15) is 0 Å². The molecule has 1 aromatic carbocycles. The summed E-state index contributed by atoms with van der Waals surface area (Å²) in [5.41, 5.74) is 0.126. The van der Waals surface area contributed by atoms with Gasteiger partial charge < -0.3 is 5.11 Å². The molecule has 7 heteroatoms. The fraction of sp³-hybridized carbons (Fsp3) is 0. The second kappa shape index (κ2) is 3.07. The molecule has 0 saturated heterocycles. The number of benzene rings is 1. The van der Waals surface area contributed by atoms with Crippen LogP contribution in [0.2, 0.25) is 4.47 Å². The number of nitro benzene ring substituents is 1. The van der Waals surface area contributed by atoms with Gasteiger partial charge in [0.15, 0.2) is 4.47 Å². The molecule has 0 spiro atoms. The monoisotopic (exact) mass is 230 g/mol. The lowest BCUT2D eigenvalue weighted by Gasteiger charge is -1.93. The van der Waals surface area contributed by atoms with E-state index in [-0.39, 0.29) is 15.9 Å². The number of nitro groups is 1. The Morgan fingerprint density at radius 1 is 1.57 bits per heavy atom. The van der Waals surface area contributed by atoms with E-state index in [1.54, 1.807) is 0 Å². The zero-order chi connectivity index (χ0) is 10.3. The van der Waals surface area contributed by atoms with E-state index in [1.165, 1.54) is 6.07 Å². The summed E-state index contributed by atoms with van der Waals surface area (Å²) in [4.78, 5) is 13.7. The highest BCUT2D eigenvalue weighted by molar-refractivity contribution is 7.22. The predicted molar refractivity (Wildman–Crippen MR) is 52.9 cm³/mol. The van der Waals surface area contributed by atoms with E-state index in [9.17, 15) is 15.2 Å². The van der Waals surface area contributed by atoms with Crippen LogP contribution in [0.5, 0.6) is 5.75 Å². The SMILES string of the molecule is O=[N+]([O-])c1cc(O)c2nc(Cl)sc2c1. The average Bonchev–Trinajstić information content (AvgIpc) is 2.45. The van der Waals surface area contributed by atoms with Crippen LogP contribution in [0.1, 0.15) is 0 Å². The summed E-state index contributed by atoms with van der Waals surface area (Å²) in [6, 6.07) is 2.39. The van der Waals surface area contributed by atoms with E-state index in [0.717, 1.165) is 17.4 Å². The number of aromatic nitrogens is 1. The van der Waals surface area contributed by atoms with Crippen LogP contribution in [0.25, 0.3) is 10.2 Å². The number of halogens is 1. The fourth-order valence-electron chi connectivity index (χ4n) is 1.08. The Balaban J connectivity index is 2.77. The molecule has 0 bridgehead atoms. The van der Waals surface area contributed by atoms with Gasteiger partial charge in [0, 0.05) is 6.07 Å². The van der Waals surface area contributed by atoms with Crippen molar-refractivity contribution in [2.45, 2.75) is 0 Å². The summed E-state index contributed by atoms with van der Waals surface area (Å²) in [6.07, 6.45) is 0. The number of nitrogens with zero attached hydrogens (tertiary/aromatic N) is 2. The summed E-state index contributed by atoms with van der Waals surface area (Å²) in [7, 11) is 0. The Kier molecular flexibility index (Phi) is 2.01. The number of aromatic hydroxyl groups is 1. The molecule has 2 aromatic rings. The van der Waals surface area contributed by atoms with E-state index in [4.69, 9.17) is 11.6 Å². The van der Waals surface area contributed by atoms with Gasteiger partial charge >= 0.3 is 0 Å². The van der Waals surface area contributed by atoms with Gasteiger partial charge in [-0.15, -0.1) is 11.3 Å². The van der Waals surface area contributed by atoms with Crippen LogP contribution in [0.3, 0.4) is 0 Å². The van der Waals surface area contributed by atoms with Crippen molar-refractivity contribution < 1.29 is 10.0 Å². The number of hydrogen-bond acceptors (Lipinski definition) is 5. The quantitative estimate of drug-likeness (QED) is 0.603. The van der Waals surface area contributed by atoms with Gasteiger partial charge in [0.1, 0.15) is 11.3 Å². The molecule has 1 aromatic heterocycles. The normalized spacial score (nSPS) is 10.6. The fourth-order valence-corrected chi connectivity index (χ4v) is 2.15. The molecule has 0 radical (unpaired) electrons. The minimum absolute atomic E-state index is 0.171. The summed E-state index contributed by atoms with van der Waals surface area (Å²) in [6.45, 7) is 0. The van der Waals surface area contributed by atoms with Crippen LogP contribution >= 0.6 is 22.9 Å². The van der Waals surface area contributed by atoms with Gasteiger partial charge in [0.05, 0.1) is 15.7 Å². The van der Waals surface area contributed by atoms with Crippen molar-refractivity contribution in [1.82, 2.24) is 4.98 Å². The van der Waals surface area contributed by atoms with Crippen LogP contribution in [-0.4, -0.2) is 15.0 Å². The Morgan fingerprint density at radius 2 is 2.29 bits per heavy atom. The summed E-state index contributed by atoms with van der Waals surface area (Å²) < 4.78 is 0.748. The van der Waals surface area contributed by atoms with Gasteiger partial charge in [-0.25, -0.2) is 4.98 Å². The van der Waals surface area contributed by atoms with Crippen molar-refractivity contribution in [2.24, 2.45) is 0 Å². The number of phenolic OH excluding ortho intramolecular Hbond substituents is 1. The second-order valence-corrected chi connectivity index (χ2v) is 4.15. The summed E-state index contributed by atoms with van der Waals surface area (Å²) >= 11 is 6.70. The number of hydrogen-bond donors (Lipinski definition) is 1. The van der Waals surface area contributed by atoms with E-state index in [0.29, 0.717) is 10.2 Å². The predicted octanol–water partition coefficient (Wildman–Crippen LogP) is 2.56. The molecule has 0 unspecified atom stereocenters. The van der Waals surface area contributed by atoms with Gasteiger partial charge in [0.2, 0.25) is 0 Å². The Bertz CT molecular complexity index is 525. The van der Waals surface area contributed by atoms with Gasteiger partial charge in [0.25, 0.3) is 5.69 Å². The Morgan fingerprint density at radius 3 is 2.93 bits per heavy atom. The summed E-state index contributed by atoms with van der Waals surface area (Å²) in [5.74, 6) is -0.225. The van der Waals surface area contributed by atoms with E-state index in [2.05, 4.69) is 4.98 Å². The van der Waals surface area contributed by atoms with Crippen molar-refractivity contribution in [1.29, 1.82) is 0 Å². The van der Waals surface area contributed by atoms with Crippen LogP contribution in [0, 0.1) is 10.1 Å². The Hall–Kier alpha value is -1.40. The van der Waals surface area contributed by atoms with Crippen LogP contribution in [0.4, 0.5) is 5.69 Å². The highest BCUT2D eigenvalue weighted by atomic mass is 35.5. The first-order valence-corrected chi connectivity index (χ1v) is 4.71. The van der Waals surface area contributed by atoms with E-state index in [1.807, 2.05) is 0 Å². The molecule has 1 N–H and O–H groups in total. The molecule has 0 saturated carbocycles. The van der Waals surface area contributed by atoms with Crippen LogP contribution < -0.4 is 0 Å². The number of phenols is 1. The third-order valence-electron chi connectivity index (χ3n) is 1.64. The molecular weight excluding hydrogens is 228 g/mol. The maximum absolute atomic E-state index is 10.4. The van der Waals surface area contributed by atoms with Crippen LogP contribution in [0.15, 0.2) is 12.1 Å². The maximum atomic E-state index is 10.4. The van der Waals surface area contributed by atoms with Gasteiger partial charge in [-0.1, -0.05) is 11.6 Å². The topological polar surface area (TPSA) is 76.3 Å². The lowest BCUT2D eigenvalue weighted by Crippen LogP contribution is -1.86. The highest BCUT2D eigenvalue weighted by Crippen LogP contribution is 2.34. The van der Waals surface area contributed by atoms with Gasteiger partial charge in [-0.05, 0) is 0 Å². The lowest BCUT2D eigenvalue weighted by atomic mass is 10.3. The number of thiazole rings is 1. The van der Waals surface area contributed by atoms with Crippen molar-refractivity contribution in [3.05, 3.63) is 26.7 Å². The zero-order valence-corrected chi connectivity index (χ0v) is 8.17. The molecule has 0 amide bonds. The number of fused-ring (bicyclic) bond motifs is 1. The largest absolute Gasteiger partial charge is 0.505 e. The summed E-state index contributed by atoms with van der Waals surface area (Å²) in [5, 5.41) is 19.8. The second-order valence-electron chi connectivity index (χ2n) is 2.54. The molecule has 0 fully saturated rings. The van der Waals surface area contributed by atoms with Crippen molar-refractivity contribution in [2.75, 3.05) is 0 Å². The molecular formula is C7H3ClN2O3S. The smallest absolute Gasteiger partial charge is 0.274 e. The molecule has 5 nitrogen and oxygen atoms in total. The molecule has 0 aliphatic carbocycles. The molecule has 72 valence electrons. The molecule has 1 heterocycles. The van der Waals surface area contributed by atoms with E-state index >= 15 is 0 Å². The van der Waals surface area contributed by atoms with Crippen molar-refractivity contribution >= 4 is 38.8 Å². The maximum Gasteiger partial charge on any atom is 0.274 e. The van der Waals surface area contributed by atoms with Crippen LogP contribution in [-0.2, 0) is 0 Å². The average molecular weight is 231 g/mol. The Labute approximate surface area is 86.7 Å². The van der Waals surface area contributed by atoms with Gasteiger partial charge in [-0.3, -0.25) is 10.1 Å². The molecule has 0 aliphatic rings. The third kappa shape index (κ3) is 1.38. The third-order valence-corrected chi connectivity index (χ3v) is 2.75. The van der Waals surface area contributed by atoms with Crippen molar-refractivity contribution in [3.8, 4) is 5.75 Å². The zero-order valence-electron chi connectivity index (χ0n) is 6.60. The molecule has 0 aliphatic heterocycles. The standard InChI is InChI=1S/C7H3ClN2O3S/c8-7-9-6-4(11)1-3(10(12)13)2-5(6)14-7/h1-2,11H. The highest BCUT2D eigenvalue weighted by Gasteiger charge is 2.14. The number of rotatable bonds is 1. The first kappa shape index (κ1) is 9.17. The molecule has 0 atom stereocenters.